The van der Waals surface area contributed by atoms with E-state index in [2.05, 4.69) is 106 Å². The van der Waals surface area contributed by atoms with E-state index in [9.17, 15) is 0 Å². The predicted octanol–water partition coefficient (Wildman–Crippen LogP) is 9.79. The molecule has 0 aliphatic heterocycles. The molecular weight excluding hydrogens is 675 g/mol. The smallest absolute Gasteiger partial charge is 0.509 e. The van der Waals surface area contributed by atoms with Gasteiger partial charge in [-0.3, -0.25) is 4.68 Å². The number of aryl methyl sites for hydroxylation is 4. The third-order valence-corrected chi connectivity index (χ3v) is 8.54. The molecule has 0 atom stereocenters. The van der Waals surface area contributed by atoms with E-state index in [1.807, 2.05) is 41.1 Å². The van der Waals surface area contributed by atoms with Crippen LogP contribution in [0.1, 0.15) is 47.8 Å². The number of fused-ring (bicyclic) bond motifs is 3. The molecule has 0 saturated heterocycles. The second kappa shape index (κ2) is 12.8. The summed E-state index contributed by atoms with van der Waals surface area (Å²) in [5.41, 5.74) is 10.9. The molecule has 4 aromatic carbocycles. The van der Waals surface area contributed by atoms with E-state index in [0.717, 1.165) is 56.0 Å². The van der Waals surface area contributed by atoms with Crippen molar-refractivity contribution in [1.82, 2.24) is 19.3 Å². The van der Waals surface area contributed by atoms with Gasteiger partial charge in [0.2, 0.25) is 0 Å². The minimum absolute atomic E-state index is 0. The minimum Gasteiger partial charge on any atom is -0.509 e. The molecule has 47 heavy (non-hydrogen) atoms. The van der Waals surface area contributed by atoms with Gasteiger partial charge in [0.1, 0.15) is 11.6 Å². The topological polar surface area (TPSA) is 54.1 Å². The summed E-state index contributed by atoms with van der Waals surface area (Å²) in [6, 6.07) is 33.8. The Morgan fingerprint density at radius 3 is 2.28 bits per heavy atom. The molecule has 3 aromatic heterocycles. The molecule has 3 heterocycles. The number of ether oxygens (including phenoxy) is 2. The van der Waals surface area contributed by atoms with Crippen molar-refractivity contribution in [2.75, 3.05) is 7.11 Å². The van der Waals surface area contributed by atoms with Crippen molar-refractivity contribution in [3.8, 4) is 39.9 Å². The van der Waals surface area contributed by atoms with Gasteiger partial charge in [0.15, 0.2) is 0 Å². The van der Waals surface area contributed by atoms with Gasteiger partial charge in [0.25, 0.3) is 0 Å². The van der Waals surface area contributed by atoms with Gasteiger partial charge >= 0.3 is 20.4 Å². The van der Waals surface area contributed by atoms with E-state index in [1.165, 1.54) is 22.3 Å². The Kier molecular flexibility index (Phi) is 8.81. The summed E-state index contributed by atoms with van der Waals surface area (Å²) in [6.45, 7) is 12.9. The van der Waals surface area contributed by atoms with Crippen molar-refractivity contribution >= 4 is 21.8 Å². The molecule has 238 valence electrons. The molecule has 0 saturated carbocycles. The van der Waals surface area contributed by atoms with Gasteiger partial charge in [0.05, 0.1) is 18.5 Å². The number of nitrogens with zero attached hydrogens (tertiary/aromatic N) is 4. The molecule has 0 amide bonds. The Bertz CT molecular complexity index is 2240. The first-order chi connectivity index (χ1) is 22.2. The molecule has 7 aromatic rings. The van der Waals surface area contributed by atoms with E-state index in [-0.39, 0.29) is 26.3 Å². The Morgan fingerprint density at radius 1 is 0.766 bits per heavy atom. The molecule has 0 fully saturated rings. The van der Waals surface area contributed by atoms with Gasteiger partial charge in [0, 0.05) is 34.8 Å². The molecule has 0 spiro atoms. The fraction of sp³-hybridized carbons (Fsp3) is 0.200. The molecular formula is C40H36N4O2Pd. The van der Waals surface area contributed by atoms with Crippen molar-refractivity contribution in [2.24, 2.45) is 0 Å². The first-order valence-electron chi connectivity index (χ1n) is 15.6. The van der Waals surface area contributed by atoms with Crippen molar-refractivity contribution in [1.29, 1.82) is 0 Å². The number of para-hydroxylation sites is 1. The largest absolute Gasteiger partial charge is 2.00 e. The quantitative estimate of drug-likeness (QED) is 0.122. The Morgan fingerprint density at radius 2 is 1.53 bits per heavy atom. The fourth-order valence-corrected chi connectivity index (χ4v) is 6.55. The number of aromatic nitrogens is 4. The number of methoxy groups -OCH3 is 1. The summed E-state index contributed by atoms with van der Waals surface area (Å²) in [5, 5.41) is 7.26. The van der Waals surface area contributed by atoms with Crippen molar-refractivity contribution in [3.63, 3.8) is 0 Å². The number of hydrogen-bond acceptors (Lipinski definition) is 4. The predicted molar refractivity (Wildman–Crippen MR) is 185 cm³/mol. The average molecular weight is 711 g/mol. The maximum absolute atomic E-state index is 6.51. The number of pyridine rings is 1. The van der Waals surface area contributed by atoms with Gasteiger partial charge in [-0.2, -0.15) is 16.7 Å². The average Bonchev–Trinajstić information content (AvgIpc) is 3.55. The molecule has 6 nitrogen and oxygen atoms in total. The number of hydrogen-bond donors (Lipinski definition) is 0. The van der Waals surface area contributed by atoms with E-state index < -0.39 is 0 Å². The van der Waals surface area contributed by atoms with E-state index in [1.54, 1.807) is 13.3 Å². The SMILES string of the molecule is COc1ccnc(-n2c3[c-]c(Oc4[c-]c(-n5nc(C)c(-c6c(C)cccc6C)c5C(C)C)cc(C)c4)ccc3c3ccccc32)c1.[Pd+2]. The van der Waals surface area contributed by atoms with Gasteiger partial charge in [-0.1, -0.05) is 62.7 Å². The summed E-state index contributed by atoms with van der Waals surface area (Å²) in [5.74, 6) is 2.91. The maximum atomic E-state index is 6.51. The van der Waals surface area contributed by atoms with Crippen LogP contribution >= 0.6 is 0 Å². The molecule has 0 radical (unpaired) electrons. The summed E-state index contributed by atoms with van der Waals surface area (Å²) in [4.78, 5) is 4.67. The van der Waals surface area contributed by atoms with Gasteiger partial charge in [-0.05, 0) is 66.6 Å². The second-order valence-corrected chi connectivity index (χ2v) is 12.2. The van der Waals surface area contributed by atoms with Crippen LogP contribution in [0.3, 0.4) is 0 Å². The second-order valence-electron chi connectivity index (χ2n) is 12.2. The van der Waals surface area contributed by atoms with Gasteiger partial charge in [-0.15, -0.1) is 35.7 Å². The molecule has 7 rings (SSSR count). The van der Waals surface area contributed by atoms with Crippen LogP contribution in [0, 0.1) is 39.8 Å². The van der Waals surface area contributed by atoms with Crippen LogP contribution in [0.25, 0.3) is 44.4 Å². The minimum atomic E-state index is 0. The fourth-order valence-electron chi connectivity index (χ4n) is 6.55. The van der Waals surface area contributed by atoms with E-state index in [4.69, 9.17) is 14.6 Å². The first kappa shape index (κ1) is 32.3. The van der Waals surface area contributed by atoms with Crippen molar-refractivity contribution in [2.45, 2.75) is 47.5 Å². The molecule has 0 aliphatic rings. The summed E-state index contributed by atoms with van der Waals surface area (Å²) in [7, 11) is 1.66. The third kappa shape index (κ3) is 5.75. The number of benzene rings is 4. The Hall–Kier alpha value is -4.70. The molecule has 0 aliphatic carbocycles. The summed E-state index contributed by atoms with van der Waals surface area (Å²) < 4.78 is 16.2. The zero-order chi connectivity index (χ0) is 32.1. The van der Waals surface area contributed by atoms with Crippen molar-refractivity contribution < 1.29 is 29.9 Å². The van der Waals surface area contributed by atoms with Crippen LogP contribution in [-0.2, 0) is 20.4 Å². The van der Waals surface area contributed by atoms with Crippen molar-refractivity contribution in [3.05, 3.63) is 125 Å². The number of rotatable bonds is 7. The van der Waals surface area contributed by atoms with Crippen LogP contribution < -0.4 is 9.47 Å². The van der Waals surface area contributed by atoms with E-state index >= 15 is 0 Å². The monoisotopic (exact) mass is 710 g/mol. The van der Waals surface area contributed by atoms with Gasteiger partial charge < -0.3 is 14.0 Å². The summed E-state index contributed by atoms with van der Waals surface area (Å²) >= 11 is 0. The third-order valence-electron chi connectivity index (χ3n) is 8.54. The van der Waals surface area contributed by atoms with Crippen LogP contribution in [0.5, 0.6) is 17.2 Å². The van der Waals surface area contributed by atoms with Crippen LogP contribution in [0.4, 0.5) is 0 Å². The normalized spacial score (nSPS) is 11.3. The zero-order valence-corrected chi connectivity index (χ0v) is 29.1. The van der Waals surface area contributed by atoms with E-state index in [0.29, 0.717) is 11.5 Å². The zero-order valence-electron chi connectivity index (χ0n) is 27.6. The maximum Gasteiger partial charge on any atom is 2.00 e. The summed E-state index contributed by atoms with van der Waals surface area (Å²) in [6.07, 6.45) is 1.76. The molecule has 0 N–H and O–H groups in total. The molecule has 0 unspecified atom stereocenters. The molecule has 7 heteroatoms. The standard InChI is InChI=1S/C40H36N4O2.Pd/c1-24(2)40-39(38-26(4)11-10-12-27(38)5)28(6)42-44(40)29-19-25(3)20-32(21-29)46-31-15-16-34-33-13-8-9-14-35(33)43(36(34)22-31)37-23-30(45-7)17-18-41-37;/h8-20,23-24H,1-7H3;/q-2;+2. The van der Waals surface area contributed by atoms with Gasteiger partial charge in [-0.25, -0.2) is 4.98 Å². The Balaban J connectivity index is 0.00000386. The van der Waals surface area contributed by atoms with Crippen LogP contribution in [0.2, 0.25) is 0 Å². The van der Waals surface area contributed by atoms with Crippen LogP contribution in [-0.4, -0.2) is 26.4 Å². The van der Waals surface area contributed by atoms with Crippen LogP contribution in [0.15, 0.2) is 85.1 Å². The first-order valence-corrected chi connectivity index (χ1v) is 15.6. The molecule has 0 bridgehead atoms. The Labute approximate surface area is 289 Å².